The number of fused-ring (bicyclic) bond motifs is 1. The quantitative estimate of drug-likeness (QED) is 0.771. The number of nitrogens with zero attached hydrogens (tertiary/aromatic N) is 4. The molecule has 1 aromatic carbocycles. The topological polar surface area (TPSA) is 86.8 Å². The second-order valence-electron chi connectivity index (χ2n) is 5.96. The number of likely N-dealkylation sites (tertiary alicyclic amines) is 1. The number of carbonyl (C=O) groups excluding carboxylic acids is 1. The molecule has 0 radical (unpaired) electrons. The fraction of sp³-hybridized carbons (Fsp3) is 0.294. The number of hydrogen-bond acceptors (Lipinski definition) is 5. The van der Waals surface area contributed by atoms with Crippen molar-refractivity contribution in [3.8, 4) is 0 Å². The second kappa shape index (κ2) is 6.27. The van der Waals surface area contributed by atoms with Gasteiger partial charge in [-0.25, -0.2) is 0 Å². The zero-order valence-corrected chi connectivity index (χ0v) is 13.1. The van der Waals surface area contributed by atoms with Gasteiger partial charge in [0.15, 0.2) is 0 Å². The number of piperidine rings is 1. The number of aromatic amines is 1. The van der Waals surface area contributed by atoms with Crippen molar-refractivity contribution in [1.82, 2.24) is 25.3 Å². The molecule has 4 rings (SSSR count). The van der Waals surface area contributed by atoms with Gasteiger partial charge in [0.05, 0.1) is 17.3 Å². The third-order valence-electron chi connectivity index (χ3n) is 4.41. The van der Waals surface area contributed by atoms with Crippen molar-refractivity contribution in [3.05, 3.63) is 48.3 Å². The number of para-hydroxylation sites is 1. The van der Waals surface area contributed by atoms with Gasteiger partial charge in [-0.15, -0.1) is 5.10 Å². The first-order valence-electron chi connectivity index (χ1n) is 8.07. The average Bonchev–Trinajstić information content (AvgIpc) is 3.11. The van der Waals surface area contributed by atoms with Gasteiger partial charge in [0.1, 0.15) is 5.82 Å². The van der Waals surface area contributed by atoms with E-state index in [1.807, 2.05) is 35.2 Å². The van der Waals surface area contributed by atoms with Crippen LogP contribution < -0.4 is 5.32 Å². The van der Waals surface area contributed by atoms with E-state index in [9.17, 15) is 4.79 Å². The highest BCUT2D eigenvalue weighted by Gasteiger charge is 2.25. The smallest absolute Gasteiger partial charge is 0.256 e. The van der Waals surface area contributed by atoms with E-state index in [4.69, 9.17) is 0 Å². The van der Waals surface area contributed by atoms with Crippen LogP contribution in [0.25, 0.3) is 10.9 Å². The monoisotopic (exact) mass is 322 g/mol. The van der Waals surface area contributed by atoms with E-state index in [-0.39, 0.29) is 5.91 Å². The van der Waals surface area contributed by atoms with E-state index in [0.29, 0.717) is 11.6 Å². The molecule has 0 bridgehead atoms. The SMILES string of the molecule is O=C(c1cccc2cn[nH]c12)N1CCC(Nc2cccnn2)CC1. The number of benzene rings is 1. The Morgan fingerprint density at radius 3 is 2.88 bits per heavy atom. The molecule has 0 spiro atoms. The molecule has 0 unspecified atom stereocenters. The minimum Gasteiger partial charge on any atom is -0.366 e. The normalized spacial score (nSPS) is 15.6. The first kappa shape index (κ1) is 14.6. The van der Waals surface area contributed by atoms with Crippen molar-refractivity contribution in [1.29, 1.82) is 0 Å². The summed E-state index contributed by atoms with van der Waals surface area (Å²) >= 11 is 0. The van der Waals surface area contributed by atoms with Crippen LogP contribution in [0.1, 0.15) is 23.2 Å². The zero-order chi connectivity index (χ0) is 16.4. The van der Waals surface area contributed by atoms with Gasteiger partial charge in [0.2, 0.25) is 0 Å². The molecule has 1 fully saturated rings. The second-order valence-corrected chi connectivity index (χ2v) is 5.96. The fourth-order valence-electron chi connectivity index (χ4n) is 3.13. The van der Waals surface area contributed by atoms with Crippen LogP contribution >= 0.6 is 0 Å². The first-order chi connectivity index (χ1) is 11.8. The predicted octanol–water partition coefficient (Wildman–Crippen LogP) is 2.07. The summed E-state index contributed by atoms with van der Waals surface area (Å²) in [4.78, 5) is 14.7. The number of H-pyrrole nitrogens is 1. The Morgan fingerprint density at radius 1 is 1.21 bits per heavy atom. The minimum atomic E-state index is 0.0582. The van der Waals surface area contributed by atoms with Gasteiger partial charge < -0.3 is 10.2 Å². The van der Waals surface area contributed by atoms with E-state index in [2.05, 4.69) is 25.7 Å². The Balaban J connectivity index is 1.42. The maximum atomic E-state index is 12.8. The Hall–Kier alpha value is -2.96. The molecule has 3 aromatic rings. The molecule has 0 saturated carbocycles. The molecule has 2 aromatic heterocycles. The highest BCUT2D eigenvalue weighted by Crippen LogP contribution is 2.21. The van der Waals surface area contributed by atoms with E-state index >= 15 is 0 Å². The molecular formula is C17H18N6O. The molecule has 7 nitrogen and oxygen atoms in total. The van der Waals surface area contributed by atoms with E-state index in [0.717, 1.165) is 42.7 Å². The average molecular weight is 322 g/mol. The summed E-state index contributed by atoms with van der Waals surface area (Å²) in [7, 11) is 0. The molecule has 0 aliphatic carbocycles. The van der Waals surface area contributed by atoms with Crippen molar-refractivity contribution >= 4 is 22.6 Å². The molecule has 1 amide bonds. The molecule has 7 heteroatoms. The third-order valence-corrected chi connectivity index (χ3v) is 4.41. The highest BCUT2D eigenvalue weighted by molar-refractivity contribution is 6.05. The van der Waals surface area contributed by atoms with Crippen LogP contribution in [0.4, 0.5) is 5.82 Å². The number of hydrogen-bond donors (Lipinski definition) is 2. The summed E-state index contributed by atoms with van der Waals surface area (Å²) in [6, 6.07) is 9.78. The van der Waals surface area contributed by atoms with Crippen molar-refractivity contribution < 1.29 is 4.79 Å². The fourth-order valence-corrected chi connectivity index (χ4v) is 3.13. The van der Waals surface area contributed by atoms with Crippen LogP contribution in [0.3, 0.4) is 0 Å². The van der Waals surface area contributed by atoms with E-state index in [1.165, 1.54) is 0 Å². The third kappa shape index (κ3) is 2.80. The van der Waals surface area contributed by atoms with Crippen molar-refractivity contribution in [2.24, 2.45) is 0 Å². The molecule has 1 aliphatic heterocycles. The number of rotatable bonds is 3. The van der Waals surface area contributed by atoms with Gasteiger partial charge in [-0.1, -0.05) is 12.1 Å². The minimum absolute atomic E-state index is 0.0582. The lowest BCUT2D eigenvalue weighted by Gasteiger charge is -2.32. The van der Waals surface area contributed by atoms with Crippen molar-refractivity contribution in [2.45, 2.75) is 18.9 Å². The molecular weight excluding hydrogens is 304 g/mol. The van der Waals surface area contributed by atoms with Gasteiger partial charge in [-0.3, -0.25) is 9.89 Å². The molecule has 3 heterocycles. The first-order valence-corrected chi connectivity index (χ1v) is 8.07. The summed E-state index contributed by atoms with van der Waals surface area (Å²) in [6.07, 6.45) is 5.17. The molecule has 1 aliphatic rings. The molecule has 122 valence electrons. The Morgan fingerprint density at radius 2 is 2.08 bits per heavy atom. The lowest BCUT2D eigenvalue weighted by molar-refractivity contribution is 0.0720. The number of nitrogens with one attached hydrogen (secondary N) is 2. The zero-order valence-electron chi connectivity index (χ0n) is 13.1. The largest absolute Gasteiger partial charge is 0.366 e. The Kier molecular flexibility index (Phi) is 3.82. The number of amides is 1. The van der Waals surface area contributed by atoms with Crippen LogP contribution in [0.5, 0.6) is 0 Å². The summed E-state index contributed by atoms with van der Waals surface area (Å²) < 4.78 is 0. The van der Waals surface area contributed by atoms with E-state index < -0.39 is 0 Å². The highest BCUT2D eigenvalue weighted by atomic mass is 16.2. The predicted molar refractivity (Wildman–Crippen MR) is 90.7 cm³/mol. The lowest BCUT2D eigenvalue weighted by Crippen LogP contribution is -2.42. The Labute approximate surface area is 139 Å². The number of anilines is 1. The van der Waals surface area contributed by atoms with Gasteiger partial charge in [0, 0.05) is 30.7 Å². The summed E-state index contributed by atoms with van der Waals surface area (Å²) in [5.41, 5.74) is 1.49. The summed E-state index contributed by atoms with van der Waals surface area (Å²) in [5, 5.41) is 19.2. The van der Waals surface area contributed by atoms with Crippen LogP contribution in [0, 0.1) is 0 Å². The number of carbonyl (C=O) groups is 1. The van der Waals surface area contributed by atoms with Crippen LogP contribution in [-0.4, -0.2) is 50.3 Å². The van der Waals surface area contributed by atoms with E-state index in [1.54, 1.807) is 12.4 Å². The van der Waals surface area contributed by atoms with Crippen molar-refractivity contribution in [3.63, 3.8) is 0 Å². The number of aromatic nitrogens is 4. The van der Waals surface area contributed by atoms with Gasteiger partial charge >= 0.3 is 0 Å². The van der Waals surface area contributed by atoms with Crippen LogP contribution in [-0.2, 0) is 0 Å². The Bertz CT molecular complexity index is 838. The van der Waals surface area contributed by atoms with Gasteiger partial charge in [-0.2, -0.15) is 10.2 Å². The van der Waals surface area contributed by atoms with Gasteiger partial charge in [-0.05, 0) is 31.0 Å². The maximum absolute atomic E-state index is 12.8. The van der Waals surface area contributed by atoms with Crippen molar-refractivity contribution in [2.75, 3.05) is 18.4 Å². The summed E-state index contributed by atoms with van der Waals surface area (Å²) in [5.74, 6) is 0.840. The van der Waals surface area contributed by atoms with Gasteiger partial charge in [0.25, 0.3) is 5.91 Å². The molecule has 2 N–H and O–H groups in total. The molecule has 1 saturated heterocycles. The van der Waals surface area contributed by atoms with Crippen LogP contribution in [0.2, 0.25) is 0 Å². The summed E-state index contributed by atoms with van der Waals surface area (Å²) in [6.45, 7) is 1.45. The maximum Gasteiger partial charge on any atom is 0.256 e. The molecule has 0 atom stereocenters. The molecule has 24 heavy (non-hydrogen) atoms. The van der Waals surface area contributed by atoms with Crippen LogP contribution in [0.15, 0.2) is 42.7 Å². The lowest BCUT2D eigenvalue weighted by atomic mass is 10.0. The standard InChI is InChI=1S/C17H18N6O/c24-17(14-4-1-3-12-11-19-22-16(12)14)23-9-6-13(7-10-23)20-15-5-2-8-18-21-15/h1-5,8,11,13H,6-7,9-10H2,(H,19,22)(H,20,21).